The summed E-state index contributed by atoms with van der Waals surface area (Å²) in [5.74, 6) is -0.132. The van der Waals surface area contributed by atoms with E-state index in [1.165, 1.54) is 0 Å². The minimum absolute atomic E-state index is 0.132. The van der Waals surface area contributed by atoms with Gasteiger partial charge >= 0.3 is 43.3 Å². The first-order chi connectivity index (χ1) is 4.97. The second-order valence-corrected chi connectivity index (χ2v) is 4.58. The summed E-state index contributed by atoms with van der Waals surface area (Å²) in [7, 11) is -3.67. The maximum atomic E-state index is 9.79. The molecule has 0 aliphatic carbocycles. The molecule has 0 bridgehead atoms. The van der Waals surface area contributed by atoms with Crippen LogP contribution in [0.2, 0.25) is 3.67 Å². The Morgan fingerprint density at radius 2 is 1.82 bits per heavy atom. The van der Waals surface area contributed by atoms with Crippen molar-refractivity contribution in [2.75, 3.05) is 12.4 Å². The molecule has 0 amide bonds. The standard InChI is InChI=1S/C3H8O3S.C2H5O.Na/c1-2-3-7(4,5)6;1-2-3;/h2-3H2,1H3,(H,4,5,6);3H,1-2H2;. The molecule has 11 heavy (non-hydrogen) atoms. The number of hydrogen-bond donors (Lipinski definition) is 2. The van der Waals surface area contributed by atoms with Crippen molar-refractivity contribution in [1.82, 2.24) is 0 Å². The molecule has 0 unspecified atom stereocenters. The molecule has 2 N–H and O–H groups in total. The van der Waals surface area contributed by atoms with Gasteiger partial charge in [0.25, 0.3) is 10.1 Å². The van der Waals surface area contributed by atoms with E-state index in [4.69, 9.17) is 9.66 Å². The molecule has 0 saturated carbocycles. The molecule has 0 aliphatic rings. The Bertz CT molecular complexity index is 152. The topological polar surface area (TPSA) is 74.6 Å². The fraction of sp³-hybridized carbons (Fsp3) is 1.00. The average Bonchev–Trinajstić information content (AvgIpc) is 1.86. The van der Waals surface area contributed by atoms with Crippen LogP contribution in [0.25, 0.3) is 0 Å². The van der Waals surface area contributed by atoms with E-state index in [9.17, 15) is 8.42 Å². The Hall–Kier alpha value is 0.870. The molecule has 0 aromatic rings. The van der Waals surface area contributed by atoms with Crippen LogP contribution in [0, 0.1) is 0 Å². The van der Waals surface area contributed by atoms with E-state index in [0.29, 0.717) is 13.0 Å². The van der Waals surface area contributed by atoms with Gasteiger partial charge in [-0.25, -0.2) is 0 Å². The van der Waals surface area contributed by atoms with Crippen LogP contribution in [0.3, 0.4) is 0 Å². The van der Waals surface area contributed by atoms with Gasteiger partial charge in [-0.1, -0.05) is 6.92 Å². The van der Waals surface area contributed by atoms with Crippen LogP contribution >= 0.6 is 0 Å². The molecule has 0 aromatic carbocycles. The van der Waals surface area contributed by atoms with Crippen molar-refractivity contribution in [2.45, 2.75) is 17.0 Å². The molecule has 0 aromatic heterocycles. The zero-order valence-electron chi connectivity index (χ0n) is 6.95. The van der Waals surface area contributed by atoms with Gasteiger partial charge in [0.05, 0.1) is 5.75 Å². The van der Waals surface area contributed by atoms with Gasteiger partial charge in [0.2, 0.25) is 0 Å². The molecule has 64 valence electrons. The van der Waals surface area contributed by atoms with Gasteiger partial charge in [-0.15, -0.1) is 0 Å². The Morgan fingerprint density at radius 3 is 1.82 bits per heavy atom. The van der Waals surface area contributed by atoms with E-state index in [1.54, 1.807) is 6.92 Å². The molecule has 0 radical (unpaired) electrons. The van der Waals surface area contributed by atoms with Crippen LogP contribution in [0.5, 0.6) is 0 Å². The number of aliphatic hydroxyl groups excluding tert-OH is 1. The third kappa shape index (κ3) is 24.8. The third-order valence-electron chi connectivity index (χ3n) is 0.686. The van der Waals surface area contributed by atoms with Crippen LogP contribution in [-0.4, -0.2) is 58.4 Å². The summed E-state index contributed by atoms with van der Waals surface area (Å²) >= 11 is 1.14. The predicted octanol–water partition coefficient (Wildman–Crippen LogP) is -0.150. The molecule has 4 nitrogen and oxygen atoms in total. The quantitative estimate of drug-likeness (QED) is 0.481. The van der Waals surface area contributed by atoms with Crippen molar-refractivity contribution in [3.63, 3.8) is 0 Å². The van der Waals surface area contributed by atoms with Crippen molar-refractivity contribution in [3.8, 4) is 0 Å². The van der Waals surface area contributed by atoms with Gasteiger partial charge in [0, 0.05) is 0 Å². The van der Waals surface area contributed by atoms with Gasteiger partial charge in [0.1, 0.15) is 0 Å². The number of rotatable bonds is 3. The fourth-order valence-electron chi connectivity index (χ4n) is 0.258. The van der Waals surface area contributed by atoms with Crippen molar-refractivity contribution < 1.29 is 18.1 Å². The van der Waals surface area contributed by atoms with Crippen molar-refractivity contribution in [1.29, 1.82) is 0 Å². The zero-order chi connectivity index (χ0) is 9.33. The zero-order valence-corrected chi connectivity index (χ0v) is 9.76. The maximum absolute atomic E-state index is 9.79. The molecule has 0 atom stereocenters. The van der Waals surface area contributed by atoms with Crippen LogP contribution in [0.15, 0.2) is 0 Å². The summed E-state index contributed by atoms with van der Waals surface area (Å²) in [6, 6.07) is 0. The summed E-state index contributed by atoms with van der Waals surface area (Å²) in [6.45, 7) is 2.07. The van der Waals surface area contributed by atoms with Gasteiger partial charge in [0.15, 0.2) is 0 Å². The number of hydrogen-bond acceptors (Lipinski definition) is 3. The molecular formula is C5H13NaO4S. The molecular weight excluding hydrogens is 179 g/mol. The van der Waals surface area contributed by atoms with E-state index >= 15 is 0 Å². The SMILES string of the molecule is CCCS(=O)(=O)O.OC[CH2][Na]. The first kappa shape index (κ1) is 14.4. The van der Waals surface area contributed by atoms with Gasteiger partial charge in [-0.2, -0.15) is 8.42 Å². The van der Waals surface area contributed by atoms with Crippen molar-refractivity contribution in [3.05, 3.63) is 0 Å². The molecule has 0 rings (SSSR count). The average molecular weight is 192 g/mol. The summed E-state index contributed by atoms with van der Waals surface area (Å²) in [5, 5.41) is 7.91. The molecule has 6 heteroatoms. The second kappa shape index (κ2) is 8.96. The first-order valence-electron chi connectivity index (χ1n) is 3.54. The molecule has 0 heterocycles. The summed E-state index contributed by atoms with van der Waals surface area (Å²) in [6.07, 6.45) is 0.471. The Kier molecular flexibility index (Phi) is 11.7. The van der Waals surface area contributed by atoms with Crippen molar-refractivity contribution >= 4 is 38.0 Å². The van der Waals surface area contributed by atoms with Gasteiger partial charge < -0.3 is 0 Å². The summed E-state index contributed by atoms with van der Waals surface area (Å²) < 4.78 is 28.6. The minimum atomic E-state index is -3.67. The van der Waals surface area contributed by atoms with E-state index in [2.05, 4.69) is 0 Å². The van der Waals surface area contributed by atoms with E-state index in [-0.39, 0.29) is 5.75 Å². The van der Waals surface area contributed by atoms with Crippen LogP contribution in [0.4, 0.5) is 0 Å². The Labute approximate surface area is 85.2 Å². The van der Waals surface area contributed by atoms with Crippen LogP contribution < -0.4 is 0 Å². The van der Waals surface area contributed by atoms with Gasteiger partial charge in [-0.3, -0.25) is 4.55 Å². The monoisotopic (exact) mass is 192 g/mol. The van der Waals surface area contributed by atoms with E-state index in [0.717, 1.165) is 31.6 Å². The number of aliphatic hydroxyl groups is 1. The molecule has 0 fully saturated rings. The van der Waals surface area contributed by atoms with Crippen LogP contribution in [0.1, 0.15) is 13.3 Å². The summed E-state index contributed by atoms with van der Waals surface area (Å²) in [5.41, 5.74) is 0. The summed E-state index contributed by atoms with van der Waals surface area (Å²) in [4.78, 5) is 0. The van der Waals surface area contributed by atoms with Crippen LogP contribution in [-0.2, 0) is 10.1 Å². The Balaban J connectivity index is 0. The molecule has 0 aliphatic heterocycles. The molecule has 0 spiro atoms. The second-order valence-electron chi connectivity index (χ2n) is 2.01. The Morgan fingerprint density at radius 1 is 1.45 bits per heavy atom. The van der Waals surface area contributed by atoms with Gasteiger partial charge in [-0.05, 0) is 6.42 Å². The van der Waals surface area contributed by atoms with E-state index in [1.807, 2.05) is 0 Å². The normalized spacial score (nSPS) is 10.3. The van der Waals surface area contributed by atoms with Crippen molar-refractivity contribution in [2.24, 2.45) is 0 Å². The first-order valence-corrected chi connectivity index (χ1v) is 6.56. The van der Waals surface area contributed by atoms with E-state index < -0.39 is 10.1 Å². The predicted molar refractivity (Wildman–Crippen MR) is 44.4 cm³/mol. The molecule has 0 saturated heterocycles. The fourth-order valence-corrected chi connectivity index (χ4v) is 0.774. The third-order valence-corrected chi connectivity index (χ3v) is 2.06.